The predicted molar refractivity (Wildman–Crippen MR) is 90.9 cm³/mol. The van der Waals surface area contributed by atoms with Crippen LogP contribution in [0.2, 0.25) is 0 Å². The summed E-state index contributed by atoms with van der Waals surface area (Å²) in [6.07, 6.45) is -1.29. The average Bonchev–Trinajstić information content (AvgIpc) is 2.59. The van der Waals surface area contributed by atoms with Crippen molar-refractivity contribution < 1.29 is 28.6 Å². The molecule has 2 rings (SSSR count). The number of Topliss-reactive ketones (excluding diaryl/α,β-unsaturated/α-hetero) is 1. The van der Waals surface area contributed by atoms with E-state index in [1.807, 2.05) is 6.92 Å². The van der Waals surface area contributed by atoms with Crippen molar-refractivity contribution in [2.45, 2.75) is 26.4 Å². The highest BCUT2D eigenvalue weighted by molar-refractivity contribution is 6.01. The van der Waals surface area contributed by atoms with E-state index in [4.69, 9.17) is 0 Å². The van der Waals surface area contributed by atoms with E-state index in [0.717, 1.165) is 12.1 Å². The summed E-state index contributed by atoms with van der Waals surface area (Å²) < 4.78 is 26.4. The molecule has 2 aromatic rings. The number of carbonyl (C=O) groups excluding carboxylic acids is 2. The van der Waals surface area contributed by atoms with Gasteiger partial charge in [0.05, 0.1) is 6.54 Å². The number of aliphatic hydroxyl groups excluding tert-OH is 1. The summed E-state index contributed by atoms with van der Waals surface area (Å²) in [7, 11) is 0. The first-order valence-corrected chi connectivity index (χ1v) is 8.01. The lowest BCUT2D eigenvalue weighted by Crippen LogP contribution is -2.34. The molecule has 26 heavy (non-hydrogen) atoms. The van der Waals surface area contributed by atoms with E-state index in [0.29, 0.717) is 29.2 Å². The maximum Gasteiger partial charge on any atom is 0.253 e. The molecule has 138 valence electrons. The zero-order valence-electron chi connectivity index (χ0n) is 14.3. The number of nitrogens with one attached hydrogen (secondary N) is 1. The van der Waals surface area contributed by atoms with Crippen LogP contribution in [0.4, 0.5) is 8.78 Å². The first-order valence-electron chi connectivity index (χ1n) is 8.01. The third-order valence-electron chi connectivity index (χ3n) is 4.10. The molecule has 0 aromatic heterocycles. The van der Waals surface area contributed by atoms with Gasteiger partial charge in [0.15, 0.2) is 11.9 Å². The Morgan fingerprint density at radius 3 is 2.35 bits per heavy atom. The van der Waals surface area contributed by atoms with Gasteiger partial charge in [0.25, 0.3) is 5.91 Å². The van der Waals surface area contributed by atoms with Crippen molar-refractivity contribution in [3.63, 3.8) is 0 Å². The highest BCUT2D eigenvalue weighted by atomic mass is 19.1. The van der Waals surface area contributed by atoms with Crippen LogP contribution in [0.25, 0.3) is 0 Å². The van der Waals surface area contributed by atoms with Gasteiger partial charge in [-0.05, 0) is 54.3 Å². The van der Waals surface area contributed by atoms with Crippen molar-refractivity contribution in [1.29, 1.82) is 0 Å². The Bertz CT molecular complexity index is 831. The summed E-state index contributed by atoms with van der Waals surface area (Å²) in [5.74, 6) is -3.12. The zero-order valence-corrected chi connectivity index (χ0v) is 14.3. The Balaban J connectivity index is 2.09. The van der Waals surface area contributed by atoms with Crippen LogP contribution >= 0.6 is 0 Å². The smallest absolute Gasteiger partial charge is 0.253 e. The molecule has 0 heterocycles. The third-order valence-corrected chi connectivity index (χ3v) is 4.10. The Morgan fingerprint density at radius 2 is 1.77 bits per heavy atom. The number of ketones is 1. The highest BCUT2D eigenvalue weighted by Crippen LogP contribution is 2.24. The maximum absolute atomic E-state index is 13.2. The first-order chi connectivity index (χ1) is 12.2. The van der Waals surface area contributed by atoms with Crippen molar-refractivity contribution in [1.82, 2.24) is 5.32 Å². The zero-order chi connectivity index (χ0) is 19.4. The van der Waals surface area contributed by atoms with Crippen LogP contribution in [-0.2, 0) is 11.2 Å². The molecule has 1 amide bonds. The second-order valence-corrected chi connectivity index (χ2v) is 5.84. The van der Waals surface area contributed by atoms with Gasteiger partial charge in [0, 0.05) is 11.6 Å². The number of amides is 1. The molecular weight excluding hydrogens is 344 g/mol. The minimum Gasteiger partial charge on any atom is -0.508 e. The van der Waals surface area contributed by atoms with Crippen LogP contribution in [-0.4, -0.2) is 28.4 Å². The van der Waals surface area contributed by atoms with Gasteiger partial charge in [0.1, 0.15) is 17.4 Å². The fourth-order valence-corrected chi connectivity index (χ4v) is 2.71. The lowest BCUT2D eigenvalue weighted by atomic mass is 9.96. The number of phenols is 1. The van der Waals surface area contributed by atoms with Crippen LogP contribution in [0.1, 0.15) is 40.1 Å². The predicted octanol–water partition coefficient (Wildman–Crippen LogP) is 2.57. The van der Waals surface area contributed by atoms with E-state index >= 15 is 0 Å². The summed E-state index contributed by atoms with van der Waals surface area (Å²) in [5, 5.41) is 21.9. The van der Waals surface area contributed by atoms with Gasteiger partial charge in [-0.2, -0.15) is 0 Å². The van der Waals surface area contributed by atoms with E-state index in [1.54, 1.807) is 6.92 Å². The number of phenolic OH excluding ortho intramolecular Hbond substituents is 1. The Hall–Kier alpha value is -2.80. The number of aliphatic hydroxyl groups is 1. The highest BCUT2D eigenvalue weighted by Gasteiger charge is 2.21. The van der Waals surface area contributed by atoms with Gasteiger partial charge < -0.3 is 15.5 Å². The SMILES string of the molecule is CCc1c(C(=O)CNC(=O)[C@H](O)c2cc(F)cc(F)c2)ccc(O)c1C. The molecule has 0 fully saturated rings. The summed E-state index contributed by atoms with van der Waals surface area (Å²) in [6, 6.07) is 5.17. The van der Waals surface area contributed by atoms with Crippen LogP contribution in [0.5, 0.6) is 5.75 Å². The maximum atomic E-state index is 13.2. The lowest BCUT2D eigenvalue weighted by Gasteiger charge is -2.14. The number of carbonyl (C=O) groups is 2. The van der Waals surface area contributed by atoms with Gasteiger partial charge in [-0.15, -0.1) is 0 Å². The topological polar surface area (TPSA) is 86.6 Å². The standard InChI is InChI=1S/C19H19F2NO4/c1-3-14-10(2)16(23)5-4-15(14)17(24)9-22-19(26)18(25)11-6-12(20)8-13(21)7-11/h4-8,18,23,25H,3,9H2,1-2H3,(H,22,26)/t18-/m1/s1. The number of aromatic hydroxyl groups is 1. The fourth-order valence-electron chi connectivity index (χ4n) is 2.71. The van der Waals surface area contributed by atoms with Crippen molar-refractivity contribution in [2.75, 3.05) is 6.54 Å². The Kier molecular flexibility index (Phi) is 6.05. The normalized spacial score (nSPS) is 11.9. The minimum absolute atomic E-state index is 0.0750. The average molecular weight is 363 g/mol. The molecule has 0 spiro atoms. The van der Waals surface area contributed by atoms with Crippen LogP contribution in [0, 0.1) is 18.6 Å². The van der Waals surface area contributed by atoms with Crippen LogP contribution < -0.4 is 5.32 Å². The lowest BCUT2D eigenvalue weighted by molar-refractivity contribution is -0.129. The molecule has 0 saturated heterocycles. The quantitative estimate of drug-likeness (QED) is 0.689. The Labute approximate surface area is 149 Å². The number of hydrogen-bond donors (Lipinski definition) is 3. The van der Waals surface area contributed by atoms with E-state index < -0.39 is 36.0 Å². The van der Waals surface area contributed by atoms with Crippen molar-refractivity contribution >= 4 is 11.7 Å². The molecule has 0 saturated carbocycles. The van der Waals surface area contributed by atoms with Crippen molar-refractivity contribution in [3.05, 3.63) is 64.2 Å². The van der Waals surface area contributed by atoms with Gasteiger partial charge in [-0.3, -0.25) is 9.59 Å². The van der Waals surface area contributed by atoms with Gasteiger partial charge in [0.2, 0.25) is 0 Å². The second kappa shape index (κ2) is 8.05. The summed E-state index contributed by atoms with van der Waals surface area (Å²) in [4.78, 5) is 24.3. The molecule has 3 N–H and O–H groups in total. The molecule has 0 aliphatic carbocycles. The van der Waals surface area contributed by atoms with Gasteiger partial charge in [-0.25, -0.2) is 8.78 Å². The molecule has 0 unspecified atom stereocenters. The van der Waals surface area contributed by atoms with Gasteiger partial charge >= 0.3 is 0 Å². The summed E-state index contributed by atoms with van der Waals surface area (Å²) in [6.45, 7) is 3.12. The van der Waals surface area contributed by atoms with Crippen molar-refractivity contribution in [3.8, 4) is 5.75 Å². The van der Waals surface area contributed by atoms with Crippen molar-refractivity contribution in [2.24, 2.45) is 0 Å². The first kappa shape index (κ1) is 19.5. The van der Waals surface area contributed by atoms with Crippen LogP contribution in [0.3, 0.4) is 0 Å². The molecule has 0 aliphatic rings. The molecule has 0 bridgehead atoms. The molecule has 0 aliphatic heterocycles. The molecule has 2 aromatic carbocycles. The number of halogens is 2. The van der Waals surface area contributed by atoms with E-state index in [2.05, 4.69) is 5.32 Å². The minimum atomic E-state index is -1.81. The van der Waals surface area contributed by atoms with E-state index in [-0.39, 0.29) is 11.3 Å². The fraction of sp³-hybridized carbons (Fsp3) is 0.263. The summed E-state index contributed by atoms with van der Waals surface area (Å²) >= 11 is 0. The number of benzene rings is 2. The largest absolute Gasteiger partial charge is 0.508 e. The Morgan fingerprint density at radius 1 is 1.15 bits per heavy atom. The second-order valence-electron chi connectivity index (χ2n) is 5.84. The van der Waals surface area contributed by atoms with Crippen LogP contribution in [0.15, 0.2) is 30.3 Å². The van der Waals surface area contributed by atoms with Gasteiger partial charge in [-0.1, -0.05) is 6.92 Å². The van der Waals surface area contributed by atoms with E-state index in [1.165, 1.54) is 12.1 Å². The number of hydrogen-bond acceptors (Lipinski definition) is 4. The molecule has 1 atom stereocenters. The molecule has 5 nitrogen and oxygen atoms in total. The summed E-state index contributed by atoms with van der Waals surface area (Å²) in [5.41, 5.74) is 1.36. The molecule has 0 radical (unpaired) electrons. The molecule has 7 heteroatoms. The number of rotatable bonds is 6. The third kappa shape index (κ3) is 4.23. The monoisotopic (exact) mass is 363 g/mol. The molecular formula is C19H19F2NO4. The van der Waals surface area contributed by atoms with E-state index in [9.17, 15) is 28.6 Å².